The van der Waals surface area contributed by atoms with E-state index in [1.165, 1.54) is 21.9 Å². The van der Waals surface area contributed by atoms with Crippen molar-refractivity contribution < 1.29 is 9.90 Å². The van der Waals surface area contributed by atoms with Crippen LogP contribution in [-0.4, -0.2) is 25.4 Å². The van der Waals surface area contributed by atoms with Crippen LogP contribution in [0.3, 0.4) is 0 Å². The summed E-state index contributed by atoms with van der Waals surface area (Å²) in [6.07, 6.45) is 3.01. The quantitative estimate of drug-likeness (QED) is 0.584. The van der Waals surface area contributed by atoms with Gasteiger partial charge in [-0.2, -0.15) is 4.98 Å². The van der Waals surface area contributed by atoms with Gasteiger partial charge in [-0.1, -0.05) is 23.5 Å². The van der Waals surface area contributed by atoms with Crippen LogP contribution in [0.5, 0.6) is 5.88 Å². The molecule has 3 aromatic heterocycles. The van der Waals surface area contributed by atoms with Crippen molar-refractivity contribution in [1.29, 1.82) is 0 Å². The number of carbonyl (C=O) groups excluding carboxylic acids is 1. The van der Waals surface area contributed by atoms with Crippen molar-refractivity contribution in [3.63, 3.8) is 0 Å². The second-order valence-electron chi connectivity index (χ2n) is 5.00. The topological polar surface area (TPSA) is 96.6 Å². The number of nitrogens with one attached hydrogen (secondary N) is 1. The third-order valence-corrected chi connectivity index (χ3v) is 4.51. The molecule has 0 aliphatic carbocycles. The lowest BCUT2D eigenvalue weighted by atomic mass is 10.2. The Morgan fingerprint density at radius 3 is 2.83 bits per heavy atom. The molecule has 2 N–H and O–H groups in total. The third-order valence-electron chi connectivity index (χ3n) is 3.49. The van der Waals surface area contributed by atoms with Crippen LogP contribution >= 0.6 is 11.3 Å². The van der Waals surface area contributed by atoms with Gasteiger partial charge in [-0.15, -0.1) is 0 Å². The second-order valence-corrected chi connectivity index (χ2v) is 6.01. The highest BCUT2D eigenvalue weighted by atomic mass is 32.1. The van der Waals surface area contributed by atoms with Gasteiger partial charge >= 0.3 is 0 Å². The number of aromatic hydroxyl groups is 1. The molecule has 0 aliphatic heterocycles. The zero-order valence-electron chi connectivity index (χ0n) is 12.1. The SMILES string of the molecule is O=C(Nc1cccnc1)c1c(O)nc2sc3ccccc3n2c1=O. The van der Waals surface area contributed by atoms with Crippen molar-refractivity contribution in [2.75, 3.05) is 5.32 Å². The first-order valence-corrected chi connectivity index (χ1v) is 7.81. The van der Waals surface area contributed by atoms with Crippen molar-refractivity contribution in [1.82, 2.24) is 14.4 Å². The van der Waals surface area contributed by atoms with Gasteiger partial charge in [0.15, 0.2) is 5.56 Å². The first-order valence-electron chi connectivity index (χ1n) is 7.00. The predicted octanol–water partition coefficient (Wildman–Crippen LogP) is 2.26. The van der Waals surface area contributed by atoms with E-state index in [2.05, 4.69) is 15.3 Å². The van der Waals surface area contributed by atoms with Gasteiger partial charge in [0.2, 0.25) is 10.8 Å². The molecule has 0 saturated carbocycles. The van der Waals surface area contributed by atoms with Crippen LogP contribution in [0, 0.1) is 0 Å². The van der Waals surface area contributed by atoms with Gasteiger partial charge in [-0.05, 0) is 24.3 Å². The number of carbonyl (C=O) groups is 1. The Balaban J connectivity index is 1.90. The molecule has 7 nitrogen and oxygen atoms in total. The lowest BCUT2D eigenvalue weighted by Crippen LogP contribution is -2.26. The largest absolute Gasteiger partial charge is 0.492 e. The van der Waals surface area contributed by atoms with Crippen molar-refractivity contribution in [3.8, 4) is 5.88 Å². The van der Waals surface area contributed by atoms with Gasteiger partial charge in [0.05, 0.1) is 22.1 Å². The summed E-state index contributed by atoms with van der Waals surface area (Å²) < 4.78 is 2.17. The summed E-state index contributed by atoms with van der Waals surface area (Å²) in [6.45, 7) is 0. The monoisotopic (exact) mass is 338 g/mol. The predicted molar refractivity (Wildman–Crippen MR) is 90.7 cm³/mol. The summed E-state index contributed by atoms with van der Waals surface area (Å²) in [4.78, 5) is 33.4. The average molecular weight is 338 g/mol. The van der Waals surface area contributed by atoms with E-state index in [1.807, 2.05) is 12.1 Å². The number of hydrogen-bond acceptors (Lipinski definition) is 6. The fourth-order valence-electron chi connectivity index (χ4n) is 2.43. The van der Waals surface area contributed by atoms with Crippen LogP contribution in [0.2, 0.25) is 0 Å². The van der Waals surface area contributed by atoms with Crippen LogP contribution in [0.1, 0.15) is 10.4 Å². The number of rotatable bonds is 2. The lowest BCUT2D eigenvalue weighted by Gasteiger charge is -2.06. The van der Waals surface area contributed by atoms with Gasteiger partial charge in [-0.25, -0.2) is 0 Å². The average Bonchev–Trinajstić information content (AvgIpc) is 2.93. The molecule has 118 valence electrons. The molecular formula is C16H10N4O3S. The van der Waals surface area contributed by atoms with E-state index in [0.29, 0.717) is 16.2 Å². The molecule has 0 fully saturated rings. The number of para-hydroxylation sites is 1. The van der Waals surface area contributed by atoms with Crippen LogP contribution in [0.25, 0.3) is 15.2 Å². The molecule has 4 aromatic rings. The molecule has 0 spiro atoms. The van der Waals surface area contributed by atoms with Gasteiger partial charge < -0.3 is 10.4 Å². The molecule has 1 aromatic carbocycles. The van der Waals surface area contributed by atoms with E-state index in [9.17, 15) is 14.7 Å². The number of fused-ring (bicyclic) bond motifs is 3. The van der Waals surface area contributed by atoms with Crippen molar-refractivity contribution in [2.24, 2.45) is 0 Å². The number of hydrogen-bond donors (Lipinski definition) is 2. The number of benzene rings is 1. The first kappa shape index (κ1) is 14.3. The Morgan fingerprint density at radius 2 is 2.04 bits per heavy atom. The smallest absolute Gasteiger partial charge is 0.275 e. The standard InChI is InChI=1S/C16H10N4O3S/c21-13(18-9-4-3-7-17-8-9)12-14(22)19-16-20(15(12)23)10-5-1-2-6-11(10)24-16/h1-8,22H,(H,18,21). The van der Waals surface area contributed by atoms with Crippen molar-refractivity contribution in [2.45, 2.75) is 0 Å². The first-order chi connectivity index (χ1) is 11.6. The summed E-state index contributed by atoms with van der Waals surface area (Å²) >= 11 is 1.26. The summed E-state index contributed by atoms with van der Waals surface area (Å²) in [5.74, 6) is -1.32. The van der Waals surface area contributed by atoms with Crippen molar-refractivity contribution in [3.05, 3.63) is 64.7 Å². The molecule has 8 heteroatoms. The van der Waals surface area contributed by atoms with Crippen LogP contribution in [-0.2, 0) is 0 Å². The maximum Gasteiger partial charge on any atom is 0.275 e. The summed E-state index contributed by atoms with van der Waals surface area (Å²) in [5, 5.41) is 12.6. The lowest BCUT2D eigenvalue weighted by molar-refractivity contribution is 0.102. The van der Waals surface area contributed by atoms with E-state index in [4.69, 9.17) is 0 Å². The number of anilines is 1. The molecule has 0 atom stereocenters. The Bertz CT molecular complexity index is 1130. The maximum absolute atomic E-state index is 12.7. The van der Waals surface area contributed by atoms with E-state index in [1.54, 1.807) is 30.5 Å². The van der Waals surface area contributed by atoms with Crippen LogP contribution in [0.4, 0.5) is 5.69 Å². The maximum atomic E-state index is 12.7. The normalized spacial score (nSPS) is 11.0. The molecular weight excluding hydrogens is 328 g/mol. The number of nitrogens with zero attached hydrogens (tertiary/aromatic N) is 3. The fraction of sp³-hybridized carbons (Fsp3) is 0. The second kappa shape index (κ2) is 5.43. The Kier molecular flexibility index (Phi) is 3.24. The Morgan fingerprint density at radius 1 is 1.21 bits per heavy atom. The molecule has 0 radical (unpaired) electrons. The number of aromatic nitrogens is 3. The van der Waals surface area contributed by atoms with Gasteiger partial charge in [0.1, 0.15) is 0 Å². The van der Waals surface area contributed by atoms with Crippen LogP contribution < -0.4 is 10.9 Å². The Labute approximate surface area is 138 Å². The number of amides is 1. The summed E-state index contributed by atoms with van der Waals surface area (Å²) in [6, 6.07) is 10.5. The third kappa shape index (κ3) is 2.20. The van der Waals surface area contributed by atoms with Crippen LogP contribution in [0.15, 0.2) is 53.6 Å². The highest BCUT2D eigenvalue weighted by Gasteiger charge is 2.22. The zero-order chi connectivity index (χ0) is 16.7. The highest BCUT2D eigenvalue weighted by Crippen LogP contribution is 2.25. The highest BCUT2D eigenvalue weighted by molar-refractivity contribution is 7.23. The molecule has 0 bridgehead atoms. The number of thiazole rings is 1. The van der Waals surface area contributed by atoms with E-state index >= 15 is 0 Å². The minimum atomic E-state index is -0.734. The minimum Gasteiger partial charge on any atom is -0.492 e. The Hall–Kier alpha value is -3.26. The van der Waals surface area contributed by atoms with Gasteiger partial charge in [0.25, 0.3) is 11.5 Å². The molecule has 1 amide bonds. The molecule has 3 heterocycles. The molecule has 4 rings (SSSR count). The summed E-state index contributed by atoms with van der Waals surface area (Å²) in [7, 11) is 0. The van der Waals surface area contributed by atoms with E-state index < -0.39 is 22.9 Å². The van der Waals surface area contributed by atoms with Gasteiger partial charge in [0, 0.05) is 6.20 Å². The van der Waals surface area contributed by atoms with Gasteiger partial charge in [-0.3, -0.25) is 19.0 Å². The number of pyridine rings is 1. The minimum absolute atomic E-state index is 0.330. The van der Waals surface area contributed by atoms with E-state index in [-0.39, 0.29) is 0 Å². The molecule has 0 unspecified atom stereocenters. The molecule has 24 heavy (non-hydrogen) atoms. The van der Waals surface area contributed by atoms with E-state index in [0.717, 1.165) is 4.70 Å². The van der Waals surface area contributed by atoms with Crippen molar-refractivity contribution >= 4 is 38.1 Å². The molecule has 0 aliphatic rings. The fourth-order valence-corrected chi connectivity index (χ4v) is 3.44. The molecule has 0 saturated heterocycles. The zero-order valence-corrected chi connectivity index (χ0v) is 12.9. The summed E-state index contributed by atoms with van der Waals surface area (Å²) in [5.41, 5.74) is 0.0447.